The summed E-state index contributed by atoms with van der Waals surface area (Å²) in [5.41, 5.74) is 2.14. The first-order valence-electron chi connectivity index (χ1n) is 10.8. The van der Waals surface area contributed by atoms with Crippen molar-refractivity contribution < 1.29 is 4.74 Å². The molecule has 0 bridgehead atoms. The van der Waals surface area contributed by atoms with Gasteiger partial charge in [-0.05, 0) is 74.3 Å². The average molecular weight is 484 g/mol. The van der Waals surface area contributed by atoms with Crippen molar-refractivity contribution in [2.45, 2.75) is 32.2 Å². The van der Waals surface area contributed by atoms with Crippen molar-refractivity contribution in [3.8, 4) is 5.75 Å². The number of rotatable bonds is 7. The van der Waals surface area contributed by atoms with Crippen molar-refractivity contribution in [3.05, 3.63) is 70.1 Å². The summed E-state index contributed by atoms with van der Waals surface area (Å²) in [6.07, 6.45) is 10.8. The molecule has 0 aliphatic carbocycles. The molecule has 1 saturated heterocycles. The second-order valence-corrected chi connectivity index (χ2v) is 7.88. The molecule has 1 fully saturated rings. The van der Waals surface area contributed by atoms with E-state index in [0.717, 1.165) is 40.6 Å². The summed E-state index contributed by atoms with van der Waals surface area (Å²) in [5.74, 6) is 0.844. The minimum atomic E-state index is -0.00294. The summed E-state index contributed by atoms with van der Waals surface area (Å²) >= 11 is 0. The van der Waals surface area contributed by atoms with Gasteiger partial charge in [-0.15, -0.1) is 17.0 Å². The lowest BCUT2D eigenvalue weighted by Gasteiger charge is -2.26. The summed E-state index contributed by atoms with van der Waals surface area (Å²) < 4.78 is 6.80. The van der Waals surface area contributed by atoms with Crippen molar-refractivity contribution in [2.75, 3.05) is 26.7 Å². The molecule has 0 spiro atoms. The van der Waals surface area contributed by atoms with E-state index in [4.69, 9.17) is 4.74 Å². The zero-order chi connectivity index (χ0) is 20.8. The highest BCUT2D eigenvalue weighted by Gasteiger charge is 2.10. The van der Waals surface area contributed by atoms with Crippen LogP contribution in [0.3, 0.4) is 0 Å². The van der Waals surface area contributed by atoms with Crippen molar-refractivity contribution in [2.24, 2.45) is 0 Å². The molecule has 2 heterocycles. The van der Waals surface area contributed by atoms with E-state index in [0.29, 0.717) is 6.54 Å². The van der Waals surface area contributed by atoms with E-state index in [2.05, 4.69) is 16.1 Å². The monoisotopic (exact) mass is 483 g/mol. The predicted octanol–water partition coefficient (Wildman–Crippen LogP) is 5.03. The van der Waals surface area contributed by atoms with Gasteiger partial charge in [0.05, 0.1) is 18.7 Å². The van der Waals surface area contributed by atoms with Crippen molar-refractivity contribution >= 4 is 39.9 Å². The van der Waals surface area contributed by atoms with Gasteiger partial charge in [0.15, 0.2) is 0 Å². The van der Waals surface area contributed by atoms with Gasteiger partial charge in [0.2, 0.25) is 0 Å². The largest absolute Gasteiger partial charge is 0.497 e. The summed E-state index contributed by atoms with van der Waals surface area (Å²) in [6.45, 7) is 4.09. The molecule has 4 rings (SSSR count). The zero-order valence-corrected chi connectivity index (χ0v) is 19.7. The Hall–Kier alpha value is -2.44. The van der Waals surface area contributed by atoms with E-state index in [9.17, 15) is 4.79 Å². The maximum absolute atomic E-state index is 12.8. The second-order valence-electron chi connectivity index (χ2n) is 7.88. The fraction of sp³-hybridized carbons (Fsp3) is 0.360. The molecular formula is C25H30BrN3O2. The maximum Gasteiger partial charge on any atom is 0.274 e. The van der Waals surface area contributed by atoms with E-state index in [1.54, 1.807) is 11.8 Å². The Bertz CT molecular complexity index is 1070. The summed E-state index contributed by atoms with van der Waals surface area (Å²) in [6, 6.07) is 13.8. The molecule has 0 N–H and O–H groups in total. The van der Waals surface area contributed by atoms with Crippen molar-refractivity contribution in [3.63, 3.8) is 0 Å². The lowest BCUT2D eigenvalue weighted by atomic mass is 10.1. The first kappa shape index (κ1) is 23.2. The van der Waals surface area contributed by atoms with Gasteiger partial charge in [0.25, 0.3) is 5.56 Å². The number of aromatic nitrogens is 2. The average Bonchev–Trinajstić information content (AvgIpc) is 2.80. The van der Waals surface area contributed by atoms with E-state index < -0.39 is 0 Å². The number of hydrogen-bond donors (Lipinski definition) is 0. The molecular weight excluding hydrogens is 454 g/mol. The van der Waals surface area contributed by atoms with Gasteiger partial charge in [0.1, 0.15) is 5.75 Å². The number of piperidine rings is 1. The van der Waals surface area contributed by atoms with E-state index >= 15 is 0 Å². The van der Waals surface area contributed by atoms with Crippen molar-refractivity contribution in [1.29, 1.82) is 0 Å². The normalized spacial score (nSPS) is 14.6. The Morgan fingerprint density at radius 1 is 0.968 bits per heavy atom. The van der Waals surface area contributed by atoms with Gasteiger partial charge in [-0.3, -0.25) is 4.79 Å². The minimum absolute atomic E-state index is 0. The molecule has 6 heteroatoms. The highest BCUT2D eigenvalue weighted by atomic mass is 79.9. The molecule has 0 radical (unpaired) electrons. The van der Waals surface area contributed by atoms with Crippen LogP contribution in [0.1, 0.15) is 36.8 Å². The van der Waals surface area contributed by atoms with Gasteiger partial charge >= 0.3 is 0 Å². The maximum atomic E-state index is 12.8. The molecule has 3 aromatic rings. The van der Waals surface area contributed by atoms with Crippen LogP contribution < -0.4 is 10.3 Å². The topological polar surface area (TPSA) is 47.4 Å². The quantitative estimate of drug-likeness (QED) is 0.442. The van der Waals surface area contributed by atoms with E-state index in [-0.39, 0.29) is 22.5 Å². The van der Waals surface area contributed by atoms with Crippen LogP contribution in [0.2, 0.25) is 0 Å². The molecule has 0 atom stereocenters. The SMILES string of the molecule is Br.COc1ccc(/C=C/c2ccc3c(=O)n(CCCN4CCCCC4)ncc3c2)cc1. The summed E-state index contributed by atoms with van der Waals surface area (Å²) in [4.78, 5) is 15.3. The number of halogens is 1. The summed E-state index contributed by atoms with van der Waals surface area (Å²) in [7, 11) is 1.66. The van der Waals surface area contributed by atoms with Crippen LogP contribution in [0.5, 0.6) is 5.75 Å². The Morgan fingerprint density at radius 3 is 2.42 bits per heavy atom. The number of aryl methyl sites for hydroxylation is 1. The highest BCUT2D eigenvalue weighted by molar-refractivity contribution is 8.93. The van der Waals surface area contributed by atoms with Gasteiger partial charge in [-0.1, -0.05) is 36.8 Å². The number of fused-ring (bicyclic) bond motifs is 1. The van der Waals surface area contributed by atoms with Crippen LogP contribution in [-0.4, -0.2) is 41.4 Å². The fourth-order valence-corrected chi connectivity index (χ4v) is 4.00. The molecule has 0 saturated carbocycles. The summed E-state index contributed by atoms with van der Waals surface area (Å²) in [5, 5.41) is 6.02. The molecule has 2 aromatic carbocycles. The second kappa shape index (κ2) is 11.3. The smallest absolute Gasteiger partial charge is 0.274 e. The van der Waals surface area contributed by atoms with Crippen LogP contribution in [0.25, 0.3) is 22.9 Å². The lowest BCUT2D eigenvalue weighted by Crippen LogP contribution is -2.32. The Morgan fingerprint density at radius 2 is 1.68 bits per heavy atom. The third-order valence-corrected chi connectivity index (χ3v) is 5.75. The number of benzene rings is 2. The highest BCUT2D eigenvalue weighted by Crippen LogP contribution is 2.17. The van der Waals surface area contributed by atoms with Crippen LogP contribution in [0.4, 0.5) is 0 Å². The molecule has 31 heavy (non-hydrogen) atoms. The number of likely N-dealkylation sites (tertiary alicyclic amines) is 1. The Balaban J connectivity index is 0.00000272. The standard InChI is InChI=1S/C25H29N3O2.BrH/c1-30-23-11-8-20(9-12-23)6-7-21-10-13-24-22(18-21)19-26-28(25(24)29)17-5-16-27-14-3-2-4-15-27;/h6-13,18-19H,2-5,14-17H2,1H3;1H/b7-6+;. The zero-order valence-electron chi connectivity index (χ0n) is 18.0. The number of methoxy groups -OCH3 is 1. The van der Waals surface area contributed by atoms with Crippen LogP contribution >= 0.6 is 17.0 Å². The number of ether oxygens (including phenoxy) is 1. The first-order valence-corrected chi connectivity index (χ1v) is 10.8. The van der Waals surface area contributed by atoms with Gasteiger partial charge in [-0.25, -0.2) is 4.68 Å². The first-order chi connectivity index (χ1) is 14.7. The third-order valence-electron chi connectivity index (χ3n) is 5.75. The van der Waals surface area contributed by atoms with Crippen molar-refractivity contribution in [1.82, 2.24) is 14.7 Å². The molecule has 1 aliphatic heterocycles. The minimum Gasteiger partial charge on any atom is -0.497 e. The third kappa shape index (κ3) is 6.05. The van der Waals surface area contributed by atoms with Gasteiger partial charge in [0, 0.05) is 11.9 Å². The molecule has 1 aromatic heterocycles. The van der Waals surface area contributed by atoms with Crippen LogP contribution in [0.15, 0.2) is 53.5 Å². The fourth-order valence-electron chi connectivity index (χ4n) is 4.00. The van der Waals surface area contributed by atoms with E-state index in [1.807, 2.05) is 54.7 Å². The van der Waals surface area contributed by atoms with Crippen LogP contribution in [-0.2, 0) is 6.54 Å². The molecule has 5 nitrogen and oxygen atoms in total. The lowest BCUT2D eigenvalue weighted by molar-refractivity contribution is 0.221. The molecule has 164 valence electrons. The molecule has 0 amide bonds. The van der Waals surface area contributed by atoms with Gasteiger partial charge < -0.3 is 9.64 Å². The van der Waals surface area contributed by atoms with Crippen LogP contribution in [0, 0.1) is 0 Å². The number of nitrogens with zero attached hydrogens (tertiary/aromatic N) is 3. The number of hydrogen-bond acceptors (Lipinski definition) is 4. The Kier molecular flexibility index (Phi) is 8.43. The molecule has 0 unspecified atom stereocenters. The van der Waals surface area contributed by atoms with E-state index in [1.165, 1.54) is 32.4 Å². The predicted molar refractivity (Wildman–Crippen MR) is 133 cm³/mol. The van der Waals surface area contributed by atoms with Gasteiger partial charge in [-0.2, -0.15) is 5.10 Å². The Labute approximate surface area is 194 Å². The molecule has 1 aliphatic rings.